The van der Waals surface area contributed by atoms with Crippen LogP contribution in [0.4, 0.5) is 0 Å². The van der Waals surface area contributed by atoms with Gasteiger partial charge in [-0.1, -0.05) is 40.6 Å². The molecule has 0 aliphatic heterocycles. The number of nitrogens with zero attached hydrogens (tertiary/aromatic N) is 1. The second kappa shape index (κ2) is 7.94. The highest BCUT2D eigenvalue weighted by molar-refractivity contribution is 7.85. The predicted octanol–water partition coefficient (Wildman–Crippen LogP) is 1.53. The van der Waals surface area contributed by atoms with E-state index >= 15 is 0 Å². The smallest absolute Gasteiger partial charge is 0.406 e. The number of ether oxygens (including phenoxy) is 1. The molecule has 0 saturated carbocycles. The Morgan fingerprint density at radius 1 is 1.08 bits per heavy atom. The number of esters is 1. The van der Waals surface area contributed by atoms with Gasteiger partial charge in [0.15, 0.2) is 0 Å². The Bertz CT molecular complexity index is 1030. The lowest BCUT2D eigenvalue weighted by Gasteiger charge is -2.05. The molecule has 1 aromatic heterocycles. The fourth-order valence-corrected chi connectivity index (χ4v) is 2.64. The van der Waals surface area contributed by atoms with Gasteiger partial charge in [-0.15, -0.1) is 0 Å². The summed E-state index contributed by atoms with van der Waals surface area (Å²) in [5, 5.41) is 1.94. The van der Waals surface area contributed by atoms with Gasteiger partial charge in [0, 0.05) is 11.5 Å². The zero-order chi connectivity index (χ0) is 19.3. The molecule has 3 aromatic rings. The average Bonchev–Trinajstić information content (AvgIpc) is 2.60. The largest absolute Gasteiger partial charge is 0.744 e. The third kappa shape index (κ3) is 4.78. The molecule has 0 aliphatic carbocycles. The first-order chi connectivity index (χ1) is 12.2. The lowest BCUT2D eigenvalue weighted by molar-refractivity contribution is -0.640. The minimum absolute atomic E-state index is 0.178. The first-order valence-corrected chi connectivity index (χ1v) is 8.93. The van der Waals surface area contributed by atoms with Crippen LogP contribution in [-0.4, -0.2) is 26.0 Å². The maximum atomic E-state index is 11.4. The van der Waals surface area contributed by atoms with E-state index in [-0.39, 0.29) is 4.90 Å². The van der Waals surface area contributed by atoms with Crippen molar-refractivity contribution in [3.8, 4) is 0 Å². The molecule has 8 heteroatoms. The van der Waals surface area contributed by atoms with E-state index in [2.05, 4.69) is 4.74 Å². The highest BCUT2D eigenvalue weighted by atomic mass is 32.2. The van der Waals surface area contributed by atoms with Crippen LogP contribution in [-0.2, 0) is 14.9 Å². The van der Waals surface area contributed by atoms with E-state index in [4.69, 9.17) is 5.84 Å². The number of pyridine rings is 1. The molecular weight excluding hydrogens is 356 g/mol. The van der Waals surface area contributed by atoms with E-state index in [9.17, 15) is 17.8 Å². The third-order valence-electron chi connectivity index (χ3n) is 3.55. The van der Waals surface area contributed by atoms with Crippen molar-refractivity contribution >= 4 is 26.9 Å². The Hall–Kier alpha value is -2.97. The van der Waals surface area contributed by atoms with Gasteiger partial charge < -0.3 is 9.29 Å². The molecular formula is C18H18N2O5S. The van der Waals surface area contributed by atoms with Crippen molar-refractivity contribution in [3.63, 3.8) is 0 Å². The number of methoxy groups -OCH3 is 1. The van der Waals surface area contributed by atoms with Crippen molar-refractivity contribution < 1.29 is 27.2 Å². The summed E-state index contributed by atoms with van der Waals surface area (Å²) in [6, 6.07) is 15.2. The Kier molecular flexibility index (Phi) is 5.91. The Labute approximate surface area is 151 Å². The number of hydrogen-bond acceptors (Lipinski definition) is 6. The zero-order valence-electron chi connectivity index (χ0n) is 14.2. The lowest BCUT2D eigenvalue weighted by Crippen LogP contribution is -2.49. The summed E-state index contributed by atoms with van der Waals surface area (Å²) < 4.78 is 37.1. The number of nitrogens with two attached hydrogens (primary N) is 1. The molecule has 2 aromatic carbocycles. The van der Waals surface area contributed by atoms with E-state index < -0.39 is 16.1 Å². The first kappa shape index (κ1) is 19.4. The average molecular weight is 374 g/mol. The molecule has 0 bridgehead atoms. The fraction of sp³-hybridized carbons (Fsp3) is 0.111. The Morgan fingerprint density at radius 3 is 2.19 bits per heavy atom. The molecule has 0 unspecified atom stereocenters. The van der Waals surface area contributed by atoms with Crippen LogP contribution in [0.3, 0.4) is 0 Å². The van der Waals surface area contributed by atoms with Crippen LogP contribution in [0.15, 0.2) is 65.7 Å². The third-order valence-corrected chi connectivity index (χ3v) is 4.40. The normalized spacial score (nSPS) is 10.7. The number of carbonyl (C=O) groups excluding carboxylic acids is 1. The number of fused-ring (bicyclic) bond motifs is 1. The molecule has 7 nitrogen and oxygen atoms in total. The van der Waals surface area contributed by atoms with Gasteiger partial charge in [-0.05, 0) is 30.5 Å². The number of aromatic nitrogens is 1. The molecule has 1 heterocycles. The Morgan fingerprint density at radius 2 is 1.65 bits per heavy atom. The molecule has 0 aliphatic rings. The second-order valence-corrected chi connectivity index (χ2v) is 6.83. The highest BCUT2D eigenvalue weighted by Crippen LogP contribution is 2.12. The topological polar surface area (TPSA) is 113 Å². The number of aryl methyl sites for hydroxylation is 1. The van der Waals surface area contributed by atoms with Crippen molar-refractivity contribution in [1.82, 2.24) is 0 Å². The molecule has 0 radical (unpaired) electrons. The van der Waals surface area contributed by atoms with Crippen molar-refractivity contribution in [2.75, 3.05) is 13.0 Å². The van der Waals surface area contributed by atoms with Crippen LogP contribution in [0.2, 0.25) is 0 Å². The Balaban J connectivity index is 0.000000197. The summed E-state index contributed by atoms with van der Waals surface area (Å²) >= 11 is 0. The maximum Gasteiger partial charge on any atom is 0.406 e. The van der Waals surface area contributed by atoms with Gasteiger partial charge in [0.1, 0.15) is 10.1 Å². The summed E-state index contributed by atoms with van der Waals surface area (Å²) in [6.45, 7) is 1.82. The molecule has 136 valence electrons. The summed E-state index contributed by atoms with van der Waals surface area (Å²) in [5.41, 5.74) is 1.26. The zero-order valence-corrected chi connectivity index (χ0v) is 15.1. The van der Waals surface area contributed by atoms with Gasteiger partial charge >= 0.3 is 11.7 Å². The molecule has 2 N–H and O–H groups in total. The number of rotatable bonds is 2. The molecule has 0 fully saturated rings. The standard InChI is InChI=1S/C11H10N2O2.C7H8O3S/c1-15-11(14)10-6-8-4-2-3-5-9(8)7-13(10)12;1-6-2-4-7(5-3-6)11(8,9)10/h2-7H,1H3,(H-,12,14);2-5H,1H3,(H,8,9,10). The lowest BCUT2D eigenvalue weighted by atomic mass is 10.1. The number of benzene rings is 2. The maximum absolute atomic E-state index is 11.4. The van der Waals surface area contributed by atoms with Gasteiger partial charge in [-0.25, -0.2) is 19.1 Å². The molecule has 0 spiro atoms. The molecule has 0 amide bonds. The van der Waals surface area contributed by atoms with E-state index in [1.54, 1.807) is 24.4 Å². The van der Waals surface area contributed by atoms with Gasteiger partial charge in [0.05, 0.1) is 12.0 Å². The SMILES string of the molecule is COC(=O)c1cc2ccccc2c[n+]1N.Cc1ccc(S(=O)(=O)[O-])cc1. The van der Waals surface area contributed by atoms with E-state index in [0.717, 1.165) is 16.3 Å². The predicted molar refractivity (Wildman–Crippen MR) is 94.8 cm³/mol. The van der Waals surface area contributed by atoms with Crippen LogP contribution in [0, 0.1) is 6.92 Å². The van der Waals surface area contributed by atoms with Crippen LogP contribution in [0.1, 0.15) is 16.1 Å². The second-order valence-electron chi connectivity index (χ2n) is 5.45. The minimum atomic E-state index is -4.27. The van der Waals surface area contributed by atoms with Gasteiger partial charge in [-0.2, -0.15) is 0 Å². The van der Waals surface area contributed by atoms with Gasteiger partial charge in [0.25, 0.3) is 0 Å². The summed E-state index contributed by atoms with van der Waals surface area (Å²) in [4.78, 5) is 11.2. The fourth-order valence-electron chi connectivity index (χ4n) is 2.17. The quantitative estimate of drug-likeness (QED) is 0.315. The van der Waals surface area contributed by atoms with Gasteiger partial charge in [0.2, 0.25) is 6.20 Å². The molecule has 0 saturated heterocycles. The monoisotopic (exact) mass is 374 g/mol. The molecule has 3 rings (SSSR count). The van der Waals surface area contributed by atoms with E-state index in [1.165, 1.54) is 23.9 Å². The van der Waals surface area contributed by atoms with Crippen molar-refractivity contribution in [3.05, 3.63) is 72.1 Å². The molecule has 26 heavy (non-hydrogen) atoms. The minimum Gasteiger partial charge on any atom is -0.744 e. The van der Waals surface area contributed by atoms with Crippen molar-refractivity contribution in [2.24, 2.45) is 0 Å². The van der Waals surface area contributed by atoms with Crippen molar-refractivity contribution in [1.29, 1.82) is 0 Å². The summed E-state index contributed by atoms with van der Waals surface area (Å²) in [7, 11) is -2.94. The van der Waals surface area contributed by atoms with Crippen LogP contribution in [0.25, 0.3) is 10.8 Å². The van der Waals surface area contributed by atoms with Crippen LogP contribution < -0.4 is 10.5 Å². The van der Waals surface area contributed by atoms with Gasteiger partial charge in [-0.3, -0.25) is 0 Å². The number of carbonyl (C=O) groups is 1. The van der Waals surface area contributed by atoms with Crippen LogP contribution >= 0.6 is 0 Å². The van der Waals surface area contributed by atoms with E-state index in [0.29, 0.717) is 5.69 Å². The first-order valence-electron chi connectivity index (χ1n) is 7.53. The summed E-state index contributed by atoms with van der Waals surface area (Å²) in [5.74, 6) is 5.24. The highest BCUT2D eigenvalue weighted by Gasteiger charge is 2.19. The van der Waals surface area contributed by atoms with E-state index in [1.807, 2.05) is 31.2 Å². The van der Waals surface area contributed by atoms with Crippen LogP contribution in [0.5, 0.6) is 0 Å². The number of nitrogen functional groups attached to an aromatic ring is 1. The molecule has 0 atom stereocenters. The van der Waals surface area contributed by atoms with Crippen molar-refractivity contribution in [2.45, 2.75) is 11.8 Å². The number of hydrogen-bond donors (Lipinski definition) is 1. The summed E-state index contributed by atoms with van der Waals surface area (Å²) in [6.07, 6.45) is 1.70.